The lowest BCUT2D eigenvalue weighted by Crippen LogP contribution is -2.43. The molecule has 2 N–H and O–H groups in total. The van der Waals surface area contributed by atoms with Crippen molar-refractivity contribution < 1.29 is 14.3 Å². The van der Waals surface area contributed by atoms with Crippen LogP contribution in [-0.4, -0.2) is 17.6 Å². The Kier molecular flexibility index (Phi) is 3.78. The van der Waals surface area contributed by atoms with Gasteiger partial charge < -0.3 is 10.4 Å². The molecular weight excluding hydrogens is 301 g/mol. The fourth-order valence-corrected chi connectivity index (χ4v) is 3.42. The molecule has 1 aromatic heterocycles. The summed E-state index contributed by atoms with van der Waals surface area (Å²) in [6, 6.07) is 7.94. The first-order chi connectivity index (χ1) is 10.4. The Morgan fingerprint density at radius 2 is 2.05 bits per heavy atom. The van der Waals surface area contributed by atoms with Crippen LogP contribution in [0.2, 0.25) is 0 Å². The van der Waals surface area contributed by atoms with Crippen molar-refractivity contribution in [1.29, 1.82) is 0 Å². The van der Waals surface area contributed by atoms with Crippen molar-refractivity contribution in [3.8, 4) is 0 Å². The second kappa shape index (κ2) is 5.48. The fourth-order valence-electron chi connectivity index (χ4n) is 2.64. The number of hydrogen-bond acceptors (Lipinski definition) is 3. The van der Waals surface area contributed by atoms with E-state index in [-0.39, 0.29) is 18.3 Å². The molecule has 0 aliphatic heterocycles. The molecule has 0 bridgehead atoms. The number of carbonyl (C=O) groups is 1. The number of thiophene rings is 1. The summed E-state index contributed by atoms with van der Waals surface area (Å²) in [4.78, 5) is 12.5. The normalized spacial score (nSPS) is 18.5. The van der Waals surface area contributed by atoms with Crippen LogP contribution in [0.3, 0.4) is 0 Å². The summed E-state index contributed by atoms with van der Waals surface area (Å²) in [5.41, 5.74) is -0.0153. The van der Waals surface area contributed by atoms with Gasteiger partial charge in [-0.1, -0.05) is 12.1 Å². The number of hydrogen-bond donors (Lipinski definition) is 2. The molecule has 1 saturated carbocycles. The summed E-state index contributed by atoms with van der Waals surface area (Å²) in [7, 11) is 0. The van der Waals surface area contributed by atoms with Crippen LogP contribution in [0, 0.1) is 5.82 Å². The van der Waals surface area contributed by atoms with Crippen LogP contribution in [-0.2, 0) is 15.8 Å². The number of nitrogens with one attached hydrogen (secondary N) is 1. The van der Waals surface area contributed by atoms with E-state index in [2.05, 4.69) is 5.32 Å². The van der Waals surface area contributed by atoms with Gasteiger partial charge in [0.15, 0.2) is 0 Å². The Labute approximate surface area is 132 Å². The zero-order chi connectivity index (χ0) is 15.8. The van der Waals surface area contributed by atoms with Crippen LogP contribution in [0.25, 0.3) is 0 Å². The number of halogens is 1. The summed E-state index contributed by atoms with van der Waals surface area (Å²) < 4.78 is 13.0. The SMILES string of the molecule is CC(O)(CNC(=O)C1(c2ccc(F)cc2)CC1)c1ccsc1. The fraction of sp³-hybridized carbons (Fsp3) is 0.353. The predicted molar refractivity (Wildman–Crippen MR) is 84.2 cm³/mol. The van der Waals surface area contributed by atoms with Gasteiger partial charge in [-0.05, 0) is 59.9 Å². The Hall–Kier alpha value is -1.72. The maximum absolute atomic E-state index is 13.0. The minimum absolute atomic E-state index is 0.102. The van der Waals surface area contributed by atoms with Gasteiger partial charge in [0.1, 0.15) is 11.4 Å². The zero-order valence-electron chi connectivity index (χ0n) is 12.3. The van der Waals surface area contributed by atoms with E-state index >= 15 is 0 Å². The van der Waals surface area contributed by atoms with Crippen molar-refractivity contribution in [3.63, 3.8) is 0 Å². The van der Waals surface area contributed by atoms with E-state index in [9.17, 15) is 14.3 Å². The summed E-state index contributed by atoms with van der Waals surface area (Å²) in [6.45, 7) is 1.85. The first-order valence-corrected chi connectivity index (χ1v) is 8.18. The first kappa shape index (κ1) is 15.2. The Bertz CT molecular complexity index is 660. The van der Waals surface area contributed by atoms with Crippen LogP contribution < -0.4 is 5.32 Å². The molecule has 3 nitrogen and oxygen atoms in total. The number of benzene rings is 1. The highest BCUT2D eigenvalue weighted by molar-refractivity contribution is 7.08. The molecule has 3 rings (SSSR count). The lowest BCUT2D eigenvalue weighted by atomic mass is 9.94. The Morgan fingerprint density at radius 3 is 2.59 bits per heavy atom. The largest absolute Gasteiger partial charge is 0.384 e. The van der Waals surface area contributed by atoms with Crippen molar-refractivity contribution >= 4 is 17.2 Å². The summed E-state index contributed by atoms with van der Waals surface area (Å²) in [6.07, 6.45) is 1.51. The van der Waals surface area contributed by atoms with E-state index in [1.54, 1.807) is 19.1 Å². The third-order valence-electron chi connectivity index (χ3n) is 4.32. The number of rotatable bonds is 5. The molecule has 0 saturated heterocycles. The summed E-state index contributed by atoms with van der Waals surface area (Å²) in [5, 5.41) is 17.1. The maximum atomic E-state index is 13.0. The molecule has 1 aliphatic carbocycles. The minimum Gasteiger partial charge on any atom is -0.384 e. The van der Waals surface area contributed by atoms with E-state index in [0.717, 1.165) is 24.0 Å². The molecule has 0 radical (unpaired) electrons. The zero-order valence-corrected chi connectivity index (χ0v) is 13.1. The highest BCUT2D eigenvalue weighted by Crippen LogP contribution is 2.48. The Morgan fingerprint density at radius 1 is 1.36 bits per heavy atom. The van der Waals surface area contributed by atoms with E-state index in [0.29, 0.717) is 0 Å². The smallest absolute Gasteiger partial charge is 0.230 e. The third kappa shape index (κ3) is 2.78. The number of aliphatic hydroxyl groups is 1. The molecule has 1 aromatic carbocycles. The summed E-state index contributed by atoms with van der Waals surface area (Å²) >= 11 is 1.51. The number of carbonyl (C=O) groups excluding carboxylic acids is 1. The second-order valence-electron chi connectivity index (χ2n) is 6.06. The molecule has 22 heavy (non-hydrogen) atoms. The van der Waals surface area contributed by atoms with Crippen LogP contribution in [0.5, 0.6) is 0 Å². The molecule has 2 aromatic rings. The topological polar surface area (TPSA) is 49.3 Å². The average Bonchev–Trinajstić information content (AvgIpc) is 3.10. The van der Waals surface area contributed by atoms with Gasteiger partial charge in [0, 0.05) is 0 Å². The predicted octanol–water partition coefficient (Wildman–Crippen LogP) is 2.94. The molecule has 1 amide bonds. The molecule has 1 aliphatic rings. The molecule has 1 heterocycles. The monoisotopic (exact) mass is 319 g/mol. The van der Waals surface area contributed by atoms with Gasteiger partial charge in [-0.25, -0.2) is 4.39 Å². The molecule has 5 heteroatoms. The highest BCUT2D eigenvalue weighted by Gasteiger charge is 2.51. The average molecular weight is 319 g/mol. The van der Waals surface area contributed by atoms with Crippen molar-refractivity contribution in [1.82, 2.24) is 5.32 Å². The van der Waals surface area contributed by atoms with Crippen molar-refractivity contribution in [2.45, 2.75) is 30.8 Å². The van der Waals surface area contributed by atoms with E-state index < -0.39 is 11.0 Å². The van der Waals surface area contributed by atoms with Gasteiger partial charge in [0.2, 0.25) is 5.91 Å². The number of amides is 1. The minimum atomic E-state index is -1.09. The van der Waals surface area contributed by atoms with Gasteiger partial charge in [-0.2, -0.15) is 11.3 Å². The van der Waals surface area contributed by atoms with E-state index in [1.807, 2.05) is 16.8 Å². The van der Waals surface area contributed by atoms with Crippen LogP contribution in [0.15, 0.2) is 41.1 Å². The maximum Gasteiger partial charge on any atom is 0.230 e. The van der Waals surface area contributed by atoms with Crippen molar-refractivity contribution in [2.75, 3.05) is 6.54 Å². The van der Waals surface area contributed by atoms with Gasteiger partial charge in [-0.15, -0.1) is 0 Å². The van der Waals surface area contributed by atoms with Gasteiger partial charge >= 0.3 is 0 Å². The molecule has 1 unspecified atom stereocenters. The van der Waals surface area contributed by atoms with Crippen molar-refractivity contribution in [3.05, 3.63) is 58.0 Å². The summed E-state index contributed by atoms with van der Waals surface area (Å²) in [5.74, 6) is -0.407. The lowest BCUT2D eigenvalue weighted by molar-refractivity contribution is -0.124. The molecule has 0 spiro atoms. The Balaban J connectivity index is 1.68. The highest BCUT2D eigenvalue weighted by atomic mass is 32.1. The molecule has 116 valence electrons. The third-order valence-corrected chi connectivity index (χ3v) is 5.00. The van der Waals surface area contributed by atoms with Crippen molar-refractivity contribution in [2.24, 2.45) is 0 Å². The lowest BCUT2D eigenvalue weighted by Gasteiger charge is -2.24. The van der Waals surface area contributed by atoms with E-state index in [4.69, 9.17) is 0 Å². The van der Waals surface area contributed by atoms with Gasteiger partial charge in [-0.3, -0.25) is 4.79 Å². The quantitative estimate of drug-likeness (QED) is 0.890. The molecule has 1 atom stereocenters. The first-order valence-electron chi connectivity index (χ1n) is 7.23. The van der Waals surface area contributed by atoms with Crippen LogP contribution >= 0.6 is 11.3 Å². The van der Waals surface area contributed by atoms with Gasteiger partial charge in [0.05, 0.1) is 12.0 Å². The molecular formula is C17H18FNO2S. The molecule has 1 fully saturated rings. The second-order valence-corrected chi connectivity index (χ2v) is 6.84. The van der Waals surface area contributed by atoms with Gasteiger partial charge in [0.25, 0.3) is 0 Å². The van der Waals surface area contributed by atoms with Crippen LogP contribution in [0.1, 0.15) is 30.9 Å². The van der Waals surface area contributed by atoms with E-state index in [1.165, 1.54) is 23.5 Å². The standard InChI is InChI=1S/C17H18FNO2S/c1-16(21,13-6-9-22-10-13)11-19-15(20)17(7-8-17)12-2-4-14(18)5-3-12/h2-6,9-10,21H,7-8,11H2,1H3,(H,19,20). The van der Waals surface area contributed by atoms with Crippen LogP contribution in [0.4, 0.5) is 4.39 Å².